The molecule has 2 aliphatic heterocycles. The number of ether oxygens (including phenoxy) is 1. The molecular formula is C21H19F2N3O4. The van der Waals surface area contributed by atoms with E-state index in [2.05, 4.69) is 10.6 Å². The number of anilines is 3. The highest BCUT2D eigenvalue weighted by Gasteiger charge is 2.36. The lowest BCUT2D eigenvalue weighted by molar-refractivity contribution is -0.123. The van der Waals surface area contributed by atoms with Crippen molar-refractivity contribution in [2.45, 2.75) is 31.9 Å². The van der Waals surface area contributed by atoms with Crippen molar-refractivity contribution in [2.24, 2.45) is 0 Å². The largest absolute Gasteiger partial charge is 0.449 e. The molecule has 156 valence electrons. The molecule has 2 N–H and O–H groups in total. The molecule has 0 bridgehead atoms. The van der Waals surface area contributed by atoms with Crippen LogP contribution in [0.15, 0.2) is 36.4 Å². The Hall–Kier alpha value is -3.49. The molecule has 30 heavy (non-hydrogen) atoms. The van der Waals surface area contributed by atoms with E-state index >= 15 is 0 Å². The first-order valence-electron chi connectivity index (χ1n) is 9.52. The fraction of sp³-hybridized carbons (Fsp3) is 0.286. The molecule has 2 amide bonds. The van der Waals surface area contributed by atoms with E-state index in [1.807, 2.05) is 4.90 Å². The fourth-order valence-corrected chi connectivity index (χ4v) is 3.68. The Balaban J connectivity index is 1.46. The Kier molecular flexibility index (Phi) is 5.11. The SMILES string of the molecule is C[C@@H](OC(=O)c1ccc2c(c1)NC(=O)[C@@H]1CCCN21)C(=O)Nc1c(F)cccc1F. The molecule has 0 aliphatic carbocycles. The van der Waals surface area contributed by atoms with E-state index in [1.165, 1.54) is 19.1 Å². The number of carbonyl (C=O) groups is 3. The molecule has 0 spiro atoms. The van der Waals surface area contributed by atoms with Gasteiger partial charge in [0.05, 0.1) is 16.9 Å². The number of carbonyl (C=O) groups excluding carboxylic acids is 3. The van der Waals surface area contributed by atoms with Crippen molar-refractivity contribution in [1.82, 2.24) is 0 Å². The standard InChI is InChI=1S/C21H19F2N3O4/c1-11(19(27)25-18-13(22)4-2-5-14(18)23)30-21(29)12-7-8-16-15(10-12)24-20(28)17-6-3-9-26(16)17/h2,4-5,7-8,10-11,17H,3,6,9H2,1H3,(H,24,28)(H,25,27)/t11-,17+/m1/s1. The van der Waals surface area contributed by atoms with Crippen LogP contribution in [0.5, 0.6) is 0 Å². The summed E-state index contributed by atoms with van der Waals surface area (Å²) in [7, 11) is 0. The van der Waals surface area contributed by atoms with Crippen molar-refractivity contribution in [2.75, 3.05) is 22.1 Å². The summed E-state index contributed by atoms with van der Waals surface area (Å²) >= 11 is 0. The van der Waals surface area contributed by atoms with Crippen LogP contribution in [0, 0.1) is 11.6 Å². The normalized spacial score (nSPS) is 18.2. The molecule has 0 unspecified atom stereocenters. The minimum Gasteiger partial charge on any atom is -0.449 e. The van der Waals surface area contributed by atoms with Crippen molar-refractivity contribution < 1.29 is 27.9 Å². The number of fused-ring (bicyclic) bond motifs is 3. The molecule has 4 rings (SSSR count). The molecule has 2 aromatic rings. The molecule has 0 radical (unpaired) electrons. The summed E-state index contributed by atoms with van der Waals surface area (Å²) in [5.41, 5.74) is 0.859. The molecule has 1 fully saturated rings. The van der Waals surface area contributed by atoms with Crippen molar-refractivity contribution in [3.05, 3.63) is 53.6 Å². The molecule has 2 atom stereocenters. The lowest BCUT2D eigenvalue weighted by Crippen LogP contribution is -2.43. The highest BCUT2D eigenvalue weighted by molar-refractivity contribution is 6.06. The molecule has 7 nitrogen and oxygen atoms in total. The maximum atomic E-state index is 13.7. The van der Waals surface area contributed by atoms with Crippen LogP contribution >= 0.6 is 0 Å². The van der Waals surface area contributed by atoms with E-state index in [9.17, 15) is 23.2 Å². The van der Waals surface area contributed by atoms with Crippen molar-refractivity contribution in [1.29, 1.82) is 0 Å². The van der Waals surface area contributed by atoms with Gasteiger partial charge in [-0.1, -0.05) is 6.07 Å². The minimum absolute atomic E-state index is 0.120. The Bertz CT molecular complexity index is 1020. The maximum Gasteiger partial charge on any atom is 0.338 e. The number of rotatable bonds is 4. The minimum atomic E-state index is -1.30. The lowest BCUT2D eigenvalue weighted by atomic mass is 10.1. The molecule has 2 aromatic carbocycles. The first-order valence-corrected chi connectivity index (χ1v) is 9.52. The Labute approximate surface area is 171 Å². The molecule has 0 aromatic heterocycles. The monoisotopic (exact) mass is 415 g/mol. The zero-order valence-corrected chi connectivity index (χ0v) is 16.1. The number of hydrogen-bond acceptors (Lipinski definition) is 5. The number of hydrogen-bond donors (Lipinski definition) is 2. The van der Waals surface area contributed by atoms with Gasteiger partial charge in [-0.2, -0.15) is 0 Å². The first kappa shape index (κ1) is 19.8. The van der Waals surface area contributed by atoms with Crippen molar-refractivity contribution in [3.8, 4) is 0 Å². The van der Waals surface area contributed by atoms with E-state index in [1.54, 1.807) is 12.1 Å². The van der Waals surface area contributed by atoms with E-state index in [0.717, 1.165) is 37.2 Å². The molecule has 9 heteroatoms. The van der Waals surface area contributed by atoms with Gasteiger partial charge < -0.3 is 20.3 Å². The van der Waals surface area contributed by atoms with Gasteiger partial charge in [0.15, 0.2) is 6.10 Å². The van der Waals surface area contributed by atoms with E-state index in [-0.39, 0.29) is 17.5 Å². The highest BCUT2D eigenvalue weighted by Crippen LogP contribution is 2.37. The van der Waals surface area contributed by atoms with Crippen LogP contribution in [-0.2, 0) is 14.3 Å². The molecule has 0 saturated carbocycles. The van der Waals surface area contributed by atoms with Crippen LogP contribution in [0.1, 0.15) is 30.1 Å². The Morgan fingerprint density at radius 1 is 1.23 bits per heavy atom. The first-order chi connectivity index (χ1) is 14.3. The van der Waals surface area contributed by atoms with Crippen LogP contribution in [0.2, 0.25) is 0 Å². The third-order valence-corrected chi connectivity index (χ3v) is 5.22. The van der Waals surface area contributed by atoms with Crippen LogP contribution in [0.25, 0.3) is 0 Å². The summed E-state index contributed by atoms with van der Waals surface area (Å²) < 4.78 is 32.5. The maximum absolute atomic E-state index is 13.7. The van der Waals surface area contributed by atoms with Crippen LogP contribution in [-0.4, -0.2) is 36.5 Å². The fourth-order valence-electron chi connectivity index (χ4n) is 3.68. The highest BCUT2D eigenvalue weighted by atomic mass is 19.1. The average molecular weight is 415 g/mol. The third-order valence-electron chi connectivity index (χ3n) is 5.22. The van der Waals surface area contributed by atoms with Crippen LogP contribution in [0.4, 0.5) is 25.8 Å². The predicted molar refractivity (Wildman–Crippen MR) is 105 cm³/mol. The van der Waals surface area contributed by atoms with Gasteiger partial charge in [-0.05, 0) is 50.1 Å². The summed E-state index contributed by atoms with van der Waals surface area (Å²) in [6, 6.07) is 7.74. The van der Waals surface area contributed by atoms with E-state index in [4.69, 9.17) is 4.74 Å². The van der Waals surface area contributed by atoms with E-state index < -0.39 is 35.3 Å². The predicted octanol–water partition coefficient (Wildman–Crippen LogP) is 3.07. The van der Waals surface area contributed by atoms with Crippen LogP contribution in [0.3, 0.4) is 0 Å². The number of para-hydroxylation sites is 1. The van der Waals surface area contributed by atoms with Gasteiger partial charge in [0, 0.05) is 6.54 Å². The number of amides is 2. The summed E-state index contributed by atoms with van der Waals surface area (Å²) in [6.07, 6.45) is 0.394. The van der Waals surface area contributed by atoms with Gasteiger partial charge in [-0.3, -0.25) is 9.59 Å². The van der Waals surface area contributed by atoms with Gasteiger partial charge in [0.25, 0.3) is 5.91 Å². The van der Waals surface area contributed by atoms with Crippen molar-refractivity contribution >= 4 is 34.8 Å². The van der Waals surface area contributed by atoms with Gasteiger partial charge in [0.1, 0.15) is 23.4 Å². The van der Waals surface area contributed by atoms with Gasteiger partial charge in [-0.15, -0.1) is 0 Å². The Morgan fingerprint density at radius 2 is 1.97 bits per heavy atom. The third kappa shape index (κ3) is 3.58. The molecule has 2 aliphatic rings. The second-order valence-electron chi connectivity index (χ2n) is 7.21. The smallest absolute Gasteiger partial charge is 0.338 e. The summed E-state index contributed by atoms with van der Waals surface area (Å²) in [4.78, 5) is 38.9. The van der Waals surface area contributed by atoms with Crippen molar-refractivity contribution in [3.63, 3.8) is 0 Å². The van der Waals surface area contributed by atoms with Gasteiger partial charge in [0.2, 0.25) is 5.91 Å². The number of esters is 1. The van der Waals surface area contributed by atoms with Gasteiger partial charge in [-0.25, -0.2) is 13.6 Å². The Morgan fingerprint density at radius 3 is 2.70 bits per heavy atom. The topological polar surface area (TPSA) is 87.7 Å². The average Bonchev–Trinajstić information content (AvgIpc) is 3.21. The second-order valence-corrected chi connectivity index (χ2v) is 7.21. The number of halogens is 2. The quantitative estimate of drug-likeness (QED) is 0.750. The summed E-state index contributed by atoms with van der Waals surface area (Å²) in [5, 5.41) is 4.88. The van der Waals surface area contributed by atoms with E-state index in [0.29, 0.717) is 5.69 Å². The zero-order valence-electron chi connectivity index (χ0n) is 16.1. The van der Waals surface area contributed by atoms with Crippen LogP contribution < -0.4 is 15.5 Å². The molecule has 1 saturated heterocycles. The molecule has 2 heterocycles. The summed E-state index contributed by atoms with van der Waals surface area (Å²) in [6.45, 7) is 2.06. The number of nitrogens with zero attached hydrogens (tertiary/aromatic N) is 1. The molecular weight excluding hydrogens is 396 g/mol. The zero-order chi connectivity index (χ0) is 21.4. The van der Waals surface area contributed by atoms with Gasteiger partial charge >= 0.3 is 5.97 Å². The second kappa shape index (κ2) is 7.74. The number of nitrogens with one attached hydrogen (secondary N) is 2. The number of benzene rings is 2. The lowest BCUT2D eigenvalue weighted by Gasteiger charge is -2.33. The summed E-state index contributed by atoms with van der Waals surface area (Å²) in [5.74, 6) is -3.67.